The summed E-state index contributed by atoms with van der Waals surface area (Å²) in [5, 5.41) is 3.28. The first kappa shape index (κ1) is 16.3. The molecule has 6 heteroatoms. The zero-order valence-electron chi connectivity index (χ0n) is 13.3. The van der Waals surface area contributed by atoms with Crippen LogP contribution in [-0.4, -0.2) is 24.6 Å². The number of ether oxygens (including phenoxy) is 2. The summed E-state index contributed by atoms with van der Waals surface area (Å²) in [6.45, 7) is 1.59. The van der Waals surface area contributed by atoms with Gasteiger partial charge in [-0.25, -0.2) is 4.79 Å². The monoisotopic (exact) mass is 345 g/mol. The first-order chi connectivity index (χ1) is 11.4. The average molecular weight is 346 g/mol. The van der Waals surface area contributed by atoms with Crippen LogP contribution < -0.4 is 10.1 Å². The van der Waals surface area contributed by atoms with E-state index in [4.69, 9.17) is 21.1 Å². The van der Waals surface area contributed by atoms with Crippen molar-refractivity contribution >= 4 is 29.2 Å². The van der Waals surface area contributed by atoms with Crippen molar-refractivity contribution < 1.29 is 19.1 Å². The van der Waals surface area contributed by atoms with Gasteiger partial charge >= 0.3 is 5.97 Å². The average Bonchev–Trinajstić information content (AvgIpc) is 2.55. The lowest BCUT2D eigenvalue weighted by atomic mass is 9.89. The molecular weight excluding hydrogens is 330 g/mol. The van der Waals surface area contributed by atoms with Gasteiger partial charge in [-0.05, 0) is 55.0 Å². The maximum atomic E-state index is 12.6. The fraction of sp³-hybridized carbons (Fsp3) is 0.222. The molecule has 1 unspecified atom stereocenters. The summed E-state index contributed by atoms with van der Waals surface area (Å²) in [5.41, 5.74) is 0.435. The van der Waals surface area contributed by atoms with Crippen LogP contribution in [0.4, 0.5) is 5.69 Å². The quantitative estimate of drug-likeness (QED) is 0.865. The maximum Gasteiger partial charge on any atom is 0.339 e. The fourth-order valence-corrected chi connectivity index (χ4v) is 2.83. The number of benzene rings is 2. The Morgan fingerprint density at radius 3 is 2.62 bits per heavy atom. The van der Waals surface area contributed by atoms with Crippen molar-refractivity contribution in [2.24, 2.45) is 0 Å². The van der Waals surface area contributed by atoms with Gasteiger partial charge < -0.3 is 14.8 Å². The Morgan fingerprint density at radius 1 is 1.25 bits per heavy atom. The summed E-state index contributed by atoms with van der Waals surface area (Å²) in [6, 6.07) is 11.8. The molecule has 24 heavy (non-hydrogen) atoms. The molecule has 3 rings (SSSR count). The predicted octanol–water partition coefficient (Wildman–Crippen LogP) is 3.46. The van der Waals surface area contributed by atoms with Crippen LogP contribution in [0.1, 0.15) is 22.8 Å². The standard InChI is InChI=1S/C18H16ClNO4/c1-18(17(22)20-13-4-6-14(23-2)7-5-13)10-11-9-12(19)3-8-15(11)16(21)24-18/h3-9H,10H2,1-2H3,(H,20,22). The lowest BCUT2D eigenvalue weighted by Gasteiger charge is -2.33. The number of hydrogen-bond acceptors (Lipinski definition) is 4. The van der Waals surface area contributed by atoms with Crippen molar-refractivity contribution in [3.05, 3.63) is 58.6 Å². The Morgan fingerprint density at radius 2 is 1.96 bits per heavy atom. The van der Waals surface area contributed by atoms with Gasteiger partial charge in [0, 0.05) is 17.1 Å². The summed E-state index contributed by atoms with van der Waals surface area (Å²) in [7, 11) is 1.57. The smallest absolute Gasteiger partial charge is 0.339 e. The lowest BCUT2D eigenvalue weighted by molar-refractivity contribution is -0.134. The second kappa shape index (κ2) is 6.17. The van der Waals surface area contributed by atoms with Gasteiger partial charge in [0.2, 0.25) is 0 Å². The van der Waals surface area contributed by atoms with Crippen LogP contribution in [-0.2, 0) is 16.0 Å². The minimum absolute atomic E-state index is 0.261. The molecule has 1 heterocycles. The third-order valence-electron chi connectivity index (χ3n) is 3.96. The molecule has 124 valence electrons. The molecule has 1 N–H and O–H groups in total. The lowest BCUT2D eigenvalue weighted by Crippen LogP contribution is -2.48. The molecule has 0 radical (unpaired) electrons. The van der Waals surface area contributed by atoms with Crippen molar-refractivity contribution in [1.82, 2.24) is 0 Å². The number of halogens is 1. The van der Waals surface area contributed by atoms with Gasteiger partial charge in [-0.15, -0.1) is 0 Å². The second-order valence-electron chi connectivity index (χ2n) is 5.78. The van der Waals surface area contributed by atoms with E-state index >= 15 is 0 Å². The number of fused-ring (bicyclic) bond motifs is 1. The highest BCUT2D eigenvalue weighted by molar-refractivity contribution is 6.30. The van der Waals surface area contributed by atoms with Gasteiger partial charge in [0.1, 0.15) is 5.75 Å². The van der Waals surface area contributed by atoms with Gasteiger partial charge in [-0.2, -0.15) is 0 Å². The molecular formula is C18H16ClNO4. The van der Waals surface area contributed by atoms with Crippen molar-refractivity contribution in [2.45, 2.75) is 18.9 Å². The normalized spacial score (nSPS) is 19.2. The molecule has 0 spiro atoms. The molecule has 0 saturated heterocycles. The number of cyclic esters (lactones) is 1. The van der Waals surface area contributed by atoms with E-state index in [1.165, 1.54) is 0 Å². The summed E-state index contributed by atoms with van der Waals surface area (Å²) >= 11 is 5.99. The zero-order valence-corrected chi connectivity index (χ0v) is 14.0. The van der Waals surface area contributed by atoms with Crippen LogP contribution in [0.15, 0.2) is 42.5 Å². The Balaban J connectivity index is 1.82. The Bertz CT molecular complexity index is 803. The van der Waals surface area contributed by atoms with Gasteiger partial charge in [0.05, 0.1) is 12.7 Å². The Labute approximate surface area is 144 Å². The van der Waals surface area contributed by atoms with Gasteiger partial charge in [0.15, 0.2) is 5.60 Å². The van der Waals surface area contributed by atoms with E-state index in [1.54, 1.807) is 56.5 Å². The molecule has 0 aliphatic carbocycles. The molecule has 1 aliphatic heterocycles. The first-order valence-corrected chi connectivity index (χ1v) is 7.76. The molecule has 0 aromatic heterocycles. The first-order valence-electron chi connectivity index (χ1n) is 7.38. The van der Waals surface area contributed by atoms with Gasteiger partial charge in [-0.1, -0.05) is 11.6 Å². The molecule has 0 bridgehead atoms. The largest absolute Gasteiger partial charge is 0.497 e. The van der Waals surface area contributed by atoms with Crippen LogP contribution in [0, 0.1) is 0 Å². The number of hydrogen-bond donors (Lipinski definition) is 1. The molecule has 1 aliphatic rings. The molecule has 2 aromatic rings. The molecule has 0 fully saturated rings. The predicted molar refractivity (Wildman–Crippen MR) is 90.6 cm³/mol. The number of nitrogens with one attached hydrogen (secondary N) is 1. The van der Waals surface area contributed by atoms with E-state index in [0.717, 1.165) is 0 Å². The van der Waals surface area contributed by atoms with E-state index < -0.39 is 17.5 Å². The van der Waals surface area contributed by atoms with E-state index in [0.29, 0.717) is 27.6 Å². The molecule has 0 saturated carbocycles. The van der Waals surface area contributed by atoms with E-state index in [-0.39, 0.29) is 6.42 Å². The fourth-order valence-electron chi connectivity index (χ4n) is 2.63. The molecule has 1 amide bonds. The highest BCUT2D eigenvalue weighted by Gasteiger charge is 2.42. The highest BCUT2D eigenvalue weighted by Crippen LogP contribution is 2.31. The highest BCUT2D eigenvalue weighted by atomic mass is 35.5. The molecule has 5 nitrogen and oxygen atoms in total. The van der Waals surface area contributed by atoms with E-state index in [9.17, 15) is 9.59 Å². The van der Waals surface area contributed by atoms with Crippen LogP contribution in [0.5, 0.6) is 5.75 Å². The molecule has 1 atom stereocenters. The maximum absolute atomic E-state index is 12.6. The van der Waals surface area contributed by atoms with Gasteiger partial charge in [0.25, 0.3) is 5.91 Å². The van der Waals surface area contributed by atoms with Crippen LogP contribution >= 0.6 is 11.6 Å². The zero-order chi connectivity index (χ0) is 17.3. The number of anilines is 1. The van der Waals surface area contributed by atoms with Gasteiger partial charge in [-0.3, -0.25) is 4.79 Å². The van der Waals surface area contributed by atoms with Crippen LogP contribution in [0.25, 0.3) is 0 Å². The molecule has 2 aromatic carbocycles. The number of carbonyl (C=O) groups excluding carboxylic acids is 2. The van der Waals surface area contributed by atoms with Crippen LogP contribution in [0.3, 0.4) is 0 Å². The SMILES string of the molecule is COc1ccc(NC(=O)C2(C)Cc3cc(Cl)ccc3C(=O)O2)cc1. The van der Waals surface area contributed by atoms with E-state index in [2.05, 4.69) is 5.32 Å². The Hall–Kier alpha value is -2.53. The summed E-state index contributed by atoms with van der Waals surface area (Å²) in [5.74, 6) is -0.237. The number of rotatable bonds is 3. The number of carbonyl (C=O) groups is 2. The number of esters is 1. The van der Waals surface area contributed by atoms with E-state index in [1.807, 2.05) is 0 Å². The third-order valence-corrected chi connectivity index (χ3v) is 4.20. The number of amides is 1. The van der Waals surface area contributed by atoms with Crippen molar-refractivity contribution in [2.75, 3.05) is 12.4 Å². The van der Waals surface area contributed by atoms with Crippen LogP contribution in [0.2, 0.25) is 5.02 Å². The third kappa shape index (κ3) is 3.08. The second-order valence-corrected chi connectivity index (χ2v) is 6.22. The topological polar surface area (TPSA) is 64.6 Å². The van der Waals surface area contributed by atoms with Crippen molar-refractivity contribution in [3.8, 4) is 5.75 Å². The summed E-state index contributed by atoms with van der Waals surface area (Å²) in [4.78, 5) is 24.8. The Kier molecular flexibility index (Phi) is 4.20. The number of methoxy groups -OCH3 is 1. The minimum Gasteiger partial charge on any atom is -0.497 e. The van der Waals surface area contributed by atoms with Crippen molar-refractivity contribution in [1.29, 1.82) is 0 Å². The minimum atomic E-state index is -1.30. The summed E-state index contributed by atoms with van der Waals surface area (Å²) in [6.07, 6.45) is 0.261. The summed E-state index contributed by atoms with van der Waals surface area (Å²) < 4.78 is 10.5. The van der Waals surface area contributed by atoms with Crippen molar-refractivity contribution in [3.63, 3.8) is 0 Å².